The molecule has 0 bridgehead atoms. The van der Waals surface area contributed by atoms with E-state index in [1.165, 1.54) is 18.2 Å². The van der Waals surface area contributed by atoms with Crippen molar-refractivity contribution in [3.8, 4) is 5.82 Å². The predicted molar refractivity (Wildman–Crippen MR) is 132 cm³/mol. The lowest BCUT2D eigenvalue weighted by Gasteiger charge is -2.23. The number of hydrogen-bond acceptors (Lipinski definition) is 4. The van der Waals surface area contributed by atoms with Crippen molar-refractivity contribution in [2.45, 2.75) is 4.90 Å². The molecule has 4 rings (SSSR count). The van der Waals surface area contributed by atoms with Crippen LogP contribution in [-0.2, 0) is 14.8 Å². The summed E-state index contributed by atoms with van der Waals surface area (Å²) in [4.78, 5) is 15.7. The Labute approximate surface area is 207 Å². The Kier molecular flexibility index (Phi) is 6.35. The van der Waals surface area contributed by atoms with Crippen molar-refractivity contribution >= 4 is 78.4 Å². The van der Waals surface area contributed by atoms with Gasteiger partial charge in [-0.25, -0.2) is 13.4 Å². The van der Waals surface area contributed by atoms with Crippen LogP contribution >= 0.6 is 45.8 Å². The van der Waals surface area contributed by atoms with E-state index >= 15 is 0 Å². The maximum Gasteiger partial charge on any atom is 0.324 e. The topological polar surface area (TPSA) is 92.5 Å². The maximum absolute atomic E-state index is 13.3. The minimum absolute atomic E-state index is 0.129. The first-order chi connectivity index (χ1) is 15.2. The Bertz CT molecular complexity index is 1440. The van der Waals surface area contributed by atoms with Crippen LogP contribution < -0.4 is 4.31 Å². The minimum atomic E-state index is -4.25. The molecule has 0 saturated heterocycles. The van der Waals surface area contributed by atoms with Crippen molar-refractivity contribution in [3.63, 3.8) is 0 Å². The van der Waals surface area contributed by atoms with Crippen LogP contribution in [0.15, 0.2) is 71.9 Å². The highest BCUT2D eigenvalue weighted by atomic mass is 127. The molecule has 32 heavy (non-hydrogen) atoms. The van der Waals surface area contributed by atoms with Crippen molar-refractivity contribution < 1.29 is 18.3 Å². The molecule has 0 spiro atoms. The Morgan fingerprint density at radius 3 is 2.47 bits per heavy atom. The maximum atomic E-state index is 13.3. The first kappa shape index (κ1) is 22.8. The number of rotatable bonds is 6. The summed E-state index contributed by atoms with van der Waals surface area (Å²) in [6, 6.07) is 14.3. The second kappa shape index (κ2) is 8.89. The Morgan fingerprint density at radius 2 is 1.81 bits per heavy atom. The number of fused-ring (bicyclic) bond motifs is 1. The number of carboxylic acid groups (broad SMARTS) is 1. The monoisotopic (exact) mass is 601 g/mol. The second-order valence-electron chi connectivity index (χ2n) is 6.75. The average molecular weight is 602 g/mol. The predicted octanol–water partition coefficient (Wildman–Crippen LogP) is 5.22. The van der Waals surface area contributed by atoms with E-state index in [0.29, 0.717) is 0 Å². The van der Waals surface area contributed by atoms with E-state index in [1.807, 2.05) is 29.0 Å². The third-order valence-corrected chi connectivity index (χ3v) is 7.66. The summed E-state index contributed by atoms with van der Waals surface area (Å²) in [5.41, 5.74) is 0.994. The standard InChI is InChI=1S/C21H14Cl2IN3O4S/c22-14-9-15(23)11-17(10-14)32(30,31)27(12-20(28)29)16-3-4-19-13(8-16)5-7-26(19)21-18(24)2-1-6-25-21/h1-11H,12H2,(H,28,29). The number of carbonyl (C=O) groups is 1. The lowest BCUT2D eigenvalue weighted by molar-refractivity contribution is -0.135. The van der Waals surface area contributed by atoms with Crippen LogP contribution in [0.4, 0.5) is 5.69 Å². The fourth-order valence-electron chi connectivity index (χ4n) is 3.27. The average Bonchev–Trinajstić information content (AvgIpc) is 3.14. The molecule has 0 fully saturated rings. The Morgan fingerprint density at radius 1 is 1.09 bits per heavy atom. The van der Waals surface area contributed by atoms with Gasteiger partial charge in [-0.15, -0.1) is 0 Å². The quantitative estimate of drug-likeness (QED) is 0.306. The third kappa shape index (κ3) is 4.42. The molecule has 2 aromatic heterocycles. The van der Waals surface area contributed by atoms with Crippen LogP contribution in [0, 0.1) is 3.57 Å². The van der Waals surface area contributed by atoms with Gasteiger partial charge >= 0.3 is 5.97 Å². The van der Waals surface area contributed by atoms with Crippen molar-refractivity contribution in [1.29, 1.82) is 0 Å². The van der Waals surface area contributed by atoms with E-state index < -0.39 is 22.5 Å². The molecule has 2 aromatic carbocycles. The van der Waals surface area contributed by atoms with E-state index in [-0.39, 0.29) is 20.6 Å². The Hall–Kier alpha value is -2.34. The van der Waals surface area contributed by atoms with Gasteiger partial charge in [0.05, 0.1) is 19.7 Å². The summed E-state index contributed by atoms with van der Waals surface area (Å²) in [7, 11) is -4.25. The van der Waals surface area contributed by atoms with Gasteiger partial charge in [0, 0.05) is 27.8 Å². The van der Waals surface area contributed by atoms with Crippen LogP contribution in [0.25, 0.3) is 16.7 Å². The zero-order valence-electron chi connectivity index (χ0n) is 16.1. The van der Waals surface area contributed by atoms with Gasteiger partial charge in [0.15, 0.2) is 5.82 Å². The number of carboxylic acids is 1. The zero-order valence-corrected chi connectivity index (χ0v) is 20.6. The van der Waals surface area contributed by atoms with E-state index in [0.717, 1.165) is 24.6 Å². The Balaban J connectivity index is 1.83. The van der Waals surface area contributed by atoms with E-state index in [9.17, 15) is 18.3 Å². The van der Waals surface area contributed by atoms with Gasteiger partial charge in [-0.1, -0.05) is 23.2 Å². The highest BCUT2D eigenvalue weighted by molar-refractivity contribution is 14.1. The number of pyridine rings is 1. The van der Waals surface area contributed by atoms with Gasteiger partial charge in [-0.05, 0) is 77.2 Å². The molecule has 0 unspecified atom stereocenters. The molecule has 164 valence electrons. The minimum Gasteiger partial charge on any atom is -0.480 e. The summed E-state index contributed by atoms with van der Waals surface area (Å²) in [5, 5.41) is 10.4. The highest BCUT2D eigenvalue weighted by Crippen LogP contribution is 2.31. The zero-order chi connectivity index (χ0) is 23.0. The number of benzene rings is 2. The number of nitrogens with zero attached hydrogens (tertiary/aromatic N) is 3. The van der Waals surface area contributed by atoms with Gasteiger partial charge < -0.3 is 9.67 Å². The normalized spacial score (nSPS) is 11.6. The van der Waals surface area contributed by atoms with Crippen LogP contribution in [0.5, 0.6) is 0 Å². The molecule has 0 aliphatic rings. The first-order valence-corrected chi connectivity index (χ1v) is 12.4. The lowest BCUT2D eigenvalue weighted by atomic mass is 10.2. The first-order valence-electron chi connectivity index (χ1n) is 9.09. The summed E-state index contributed by atoms with van der Waals surface area (Å²) in [6.07, 6.45) is 3.51. The third-order valence-electron chi connectivity index (χ3n) is 4.63. The lowest BCUT2D eigenvalue weighted by Crippen LogP contribution is -2.35. The van der Waals surface area contributed by atoms with Crippen molar-refractivity contribution in [3.05, 3.63) is 80.6 Å². The van der Waals surface area contributed by atoms with Crippen LogP contribution in [-0.4, -0.2) is 35.6 Å². The largest absolute Gasteiger partial charge is 0.480 e. The number of aliphatic carboxylic acids is 1. The summed E-state index contributed by atoms with van der Waals surface area (Å²) >= 11 is 14.1. The second-order valence-corrected chi connectivity index (χ2v) is 10.6. The van der Waals surface area contributed by atoms with Crippen LogP contribution in [0.1, 0.15) is 0 Å². The van der Waals surface area contributed by atoms with Gasteiger partial charge in [0.2, 0.25) is 0 Å². The number of hydrogen-bond donors (Lipinski definition) is 1. The molecular formula is C21H14Cl2IN3O4S. The molecule has 2 heterocycles. The van der Waals surface area contributed by atoms with E-state index in [4.69, 9.17) is 23.2 Å². The number of halogens is 3. The van der Waals surface area contributed by atoms with Crippen LogP contribution in [0.3, 0.4) is 0 Å². The fraction of sp³-hybridized carbons (Fsp3) is 0.0476. The molecule has 4 aromatic rings. The van der Waals surface area contributed by atoms with Gasteiger partial charge in [-0.3, -0.25) is 9.10 Å². The van der Waals surface area contributed by atoms with Crippen molar-refractivity contribution in [2.75, 3.05) is 10.8 Å². The fourth-order valence-corrected chi connectivity index (χ4v) is 6.01. The molecule has 0 radical (unpaired) electrons. The van der Waals surface area contributed by atoms with Crippen molar-refractivity contribution in [1.82, 2.24) is 9.55 Å². The van der Waals surface area contributed by atoms with Gasteiger partial charge in [-0.2, -0.15) is 0 Å². The highest BCUT2D eigenvalue weighted by Gasteiger charge is 2.28. The SMILES string of the molecule is O=C(O)CN(c1ccc2c(ccn2-c2ncccc2I)c1)S(=O)(=O)c1cc(Cl)cc(Cl)c1. The molecule has 0 atom stereocenters. The molecule has 0 aliphatic heterocycles. The van der Waals surface area contributed by atoms with Crippen LogP contribution in [0.2, 0.25) is 10.0 Å². The van der Waals surface area contributed by atoms with E-state index in [1.54, 1.807) is 24.4 Å². The molecule has 0 amide bonds. The molecule has 0 saturated carbocycles. The smallest absolute Gasteiger partial charge is 0.324 e. The summed E-state index contributed by atoms with van der Waals surface area (Å²) in [6.45, 7) is -0.767. The van der Waals surface area contributed by atoms with Gasteiger partial charge in [0.1, 0.15) is 6.54 Å². The number of aromatic nitrogens is 2. The molecular weight excluding hydrogens is 588 g/mol. The molecule has 7 nitrogen and oxygen atoms in total. The van der Waals surface area contributed by atoms with Crippen molar-refractivity contribution in [2.24, 2.45) is 0 Å². The number of sulfonamides is 1. The molecule has 1 N–H and O–H groups in total. The molecule has 11 heteroatoms. The number of anilines is 1. The van der Waals surface area contributed by atoms with E-state index in [2.05, 4.69) is 27.6 Å². The molecule has 0 aliphatic carbocycles. The summed E-state index contributed by atoms with van der Waals surface area (Å²) in [5.74, 6) is -0.568. The van der Waals surface area contributed by atoms with Gasteiger partial charge in [0.25, 0.3) is 10.0 Å². The summed E-state index contributed by atoms with van der Waals surface area (Å²) < 4.78 is 30.3.